The zero-order chi connectivity index (χ0) is 13.0. The predicted octanol–water partition coefficient (Wildman–Crippen LogP) is 2.39. The summed E-state index contributed by atoms with van der Waals surface area (Å²) in [4.78, 5) is 11.3. The average Bonchev–Trinajstić information content (AvgIpc) is 2.93. The van der Waals surface area contributed by atoms with Crippen LogP contribution in [-0.4, -0.2) is 17.6 Å². The van der Waals surface area contributed by atoms with Crippen LogP contribution in [0.4, 0.5) is 0 Å². The van der Waals surface area contributed by atoms with Gasteiger partial charge in [0.1, 0.15) is 6.04 Å². The molecule has 1 heterocycles. The van der Waals surface area contributed by atoms with Crippen molar-refractivity contribution in [3.63, 3.8) is 0 Å². The summed E-state index contributed by atoms with van der Waals surface area (Å²) in [6.45, 7) is 0. The molecule has 4 nitrogen and oxygen atoms in total. The van der Waals surface area contributed by atoms with Crippen LogP contribution in [-0.2, 0) is 4.74 Å². The van der Waals surface area contributed by atoms with Crippen LogP contribution in [0.1, 0.15) is 22.0 Å². The van der Waals surface area contributed by atoms with Gasteiger partial charge in [0.15, 0.2) is 0 Å². The highest BCUT2D eigenvalue weighted by molar-refractivity contribution is 5.89. The van der Waals surface area contributed by atoms with Gasteiger partial charge < -0.3 is 9.30 Å². The topological polar surface area (TPSA) is 55.0 Å². The highest BCUT2D eigenvalue weighted by Crippen LogP contribution is 2.18. The lowest BCUT2D eigenvalue weighted by molar-refractivity contribution is 0.0600. The number of carbonyl (C=O) groups excluding carboxylic acids is 1. The Morgan fingerprint density at radius 1 is 1.28 bits per heavy atom. The second-order valence-corrected chi connectivity index (χ2v) is 3.78. The summed E-state index contributed by atoms with van der Waals surface area (Å²) in [5.74, 6) is -0.379. The minimum Gasteiger partial charge on any atom is -0.465 e. The first-order valence-electron chi connectivity index (χ1n) is 5.46. The summed E-state index contributed by atoms with van der Waals surface area (Å²) in [5.41, 5.74) is 1.31. The van der Waals surface area contributed by atoms with E-state index >= 15 is 0 Å². The minimum atomic E-state index is -0.383. The summed E-state index contributed by atoms with van der Waals surface area (Å²) in [7, 11) is 1.34. The lowest BCUT2D eigenvalue weighted by Crippen LogP contribution is -2.07. The van der Waals surface area contributed by atoms with Crippen molar-refractivity contribution in [2.24, 2.45) is 0 Å². The number of aromatic nitrogens is 1. The molecule has 0 amide bonds. The maximum absolute atomic E-state index is 11.3. The van der Waals surface area contributed by atoms with Crippen LogP contribution < -0.4 is 0 Å². The second-order valence-electron chi connectivity index (χ2n) is 3.78. The molecule has 0 radical (unpaired) electrons. The molecule has 1 unspecified atom stereocenters. The van der Waals surface area contributed by atoms with E-state index in [0.717, 1.165) is 5.56 Å². The normalized spacial score (nSPS) is 11.6. The van der Waals surface area contributed by atoms with Crippen molar-refractivity contribution < 1.29 is 9.53 Å². The number of hydrogen-bond donors (Lipinski definition) is 0. The van der Waals surface area contributed by atoms with E-state index in [9.17, 15) is 10.1 Å². The van der Waals surface area contributed by atoms with Gasteiger partial charge >= 0.3 is 5.97 Å². The van der Waals surface area contributed by atoms with Crippen LogP contribution in [0, 0.1) is 11.3 Å². The number of nitriles is 1. The summed E-state index contributed by atoms with van der Waals surface area (Å²) in [6.07, 6.45) is 3.67. The van der Waals surface area contributed by atoms with Gasteiger partial charge in [-0.2, -0.15) is 5.26 Å². The van der Waals surface area contributed by atoms with E-state index in [1.165, 1.54) is 7.11 Å². The molecule has 18 heavy (non-hydrogen) atoms. The van der Waals surface area contributed by atoms with Crippen LogP contribution in [0.2, 0.25) is 0 Å². The number of methoxy groups -OCH3 is 1. The molecule has 0 spiro atoms. The van der Waals surface area contributed by atoms with Crippen molar-refractivity contribution in [1.29, 1.82) is 5.26 Å². The third-order valence-electron chi connectivity index (χ3n) is 2.70. The summed E-state index contributed by atoms with van der Waals surface area (Å²) >= 11 is 0. The molecule has 0 aliphatic carbocycles. The molecular formula is C14H12N2O2. The van der Waals surface area contributed by atoms with Crippen molar-refractivity contribution >= 4 is 5.97 Å². The van der Waals surface area contributed by atoms with E-state index < -0.39 is 0 Å². The Kier molecular flexibility index (Phi) is 3.44. The molecule has 2 rings (SSSR count). The van der Waals surface area contributed by atoms with Gasteiger partial charge in [0.2, 0.25) is 0 Å². The van der Waals surface area contributed by atoms with Crippen LogP contribution in [0.25, 0.3) is 0 Å². The molecule has 0 saturated heterocycles. The predicted molar refractivity (Wildman–Crippen MR) is 66.0 cm³/mol. The Morgan fingerprint density at radius 2 is 1.89 bits per heavy atom. The standard InChI is InChI=1S/C14H12N2O2/c1-18-14(17)12-6-4-11(5-7-12)13(10-15)16-8-2-3-9-16/h2-9,13H,1H3. The Morgan fingerprint density at radius 3 is 2.39 bits per heavy atom. The summed E-state index contributed by atoms with van der Waals surface area (Å²) in [6, 6.07) is 12.4. The maximum atomic E-state index is 11.3. The summed E-state index contributed by atoms with van der Waals surface area (Å²) in [5, 5.41) is 9.21. The third kappa shape index (κ3) is 2.25. The van der Waals surface area contributed by atoms with E-state index in [1.54, 1.807) is 24.3 Å². The van der Waals surface area contributed by atoms with Crippen LogP contribution in [0.3, 0.4) is 0 Å². The van der Waals surface area contributed by atoms with Gasteiger partial charge in [0, 0.05) is 12.4 Å². The Labute approximate surface area is 105 Å². The Balaban J connectivity index is 2.29. The smallest absolute Gasteiger partial charge is 0.337 e. The number of esters is 1. The molecular weight excluding hydrogens is 228 g/mol. The lowest BCUT2D eigenvalue weighted by atomic mass is 10.1. The number of benzene rings is 1. The van der Waals surface area contributed by atoms with Crippen molar-refractivity contribution in [2.75, 3.05) is 7.11 Å². The first kappa shape index (κ1) is 11.9. The Hall–Kier alpha value is -2.54. The van der Waals surface area contributed by atoms with E-state index in [2.05, 4.69) is 10.8 Å². The third-order valence-corrected chi connectivity index (χ3v) is 2.70. The molecule has 0 saturated carbocycles. The van der Waals surface area contributed by atoms with Gasteiger partial charge in [-0.3, -0.25) is 0 Å². The monoisotopic (exact) mass is 240 g/mol. The van der Waals surface area contributed by atoms with Crippen LogP contribution >= 0.6 is 0 Å². The maximum Gasteiger partial charge on any atom is 0.337 e. The molecule has 0 aliphatic heterocycles. The summed E-state index contributed by atoms with van der Waals surface area (Å²) < 4.78 is 6.44. The largest absolute Gasteiger partial charge is 0.465 e. The van der Waals surface area contributed by atoms with Crippen molar-refractivity contribution in [2.45, 2.75) is 6.04 Å². The number of hydrogen-bond acceptors (Lipinski definition) is 3. The molecule has 4 heteroatoms. The van der Waals surface area contributed by atoms with Crippen molar-refractivity contribution in [3.05, 3.63) is 59.9 Å². The van der Waals surface area contributed by atoms with E-state index in [4.69, 9.17) is 0 Å². The lowest BCUT2D eigenvalue weighted by Gasteiger charge is -2.11. The van der Waals surface area contributed by atoms with Crippen molar-refractivity contribution in [3.8, 4) is 6.07 Å². The number of carbonyl (C=O) groups is 1. The SMILES string of the molecule is COC(=O)c1ccc(C(C#N)n2cccc2)cc1. The van der Waals surface area contributed by atoms with E-state index in [-0.39, 0.29) is 12.0 Å². The number of ether oxygens (including phenoxy) is 1. The molecule has 0 aliphatic rings. The fourth-order valence-corrected chi connectivity index (χ4v) is 1.75. The van der Waals surface area contributed by atoms with Gasteiger partial charge in [-0.1, -0.05) is 12.1 Å². The second kappa shape index (κ2) is 5.19. The fraction of sp³-hybridized carbons (Fsp3) is 0.143. The zero-order valence-corrected chi connectivity index (χ0v) is 9.91. The quantitative estimate of drug-likeness (QED) is 0.774. The van der Waals surface area contributed by atoms with Gasteiger partial charge in [-0.25, -0.2) is 4.79 Å². The first-order valence-corrected chi connectivity index (χ1v) is 5.46. The van der Waals surface area contributed by atoms with Gasteiger partial charge in [-0.15, -0.1) is 0 Å². The highest BCUT2D eigenvalue weighted by atomic mass is 16.5. The van der Waals surface area contributed by atoms with Crippen LogP contribution in [0.5, 0.6) is 0 Å². The van der Waals surface area contributed by atoms with Gasteiger partial charge in [0.05, 0.1) is 18.7 Å². The van der Waals surface area contributed by atoms with E-state index in [1.807, 2.05) is 29.1 Å². The molecule has 0 bridgehead atoms. The molecule has 90 valence electrons. The first-order chi connectivity index (χ1) is 8.76. The highest BCUT2D eigenvalue weighted by Gasteiger charge is 2.12. The Bertz CT molecular complexity index is 565. The van der Waals surface area contributed by atoms with Crippen molar-refractivity contribution in [1.82, 2.24) is 4.57 Å². The van der Waals surface area contributed by atoms with Gasteiger partial charge in [0.25, 0.3) is 0 Å². The average molecular weight is 240 g/mol. The van der Waals surface area contributed by atoms with Crippen LogP contribution in [0.15, 0.2) is 48.8 Å². The van der Waals surface area contributed by atoms with E-state index in [0.29, 0.717) is 5.56 Å². The zero-order valence-electron chi connectivity index (χ0n) is 9.91. The molecule has 1 aromatic heterocycles. The molecule has 1 aromatic carbocycles. The molecule has 0 fully saturated rings. The number of nitrogens with zero attached hydrogens (tertiary/aromatic N) is 2. The number of rotatable bonds is 3. The van der Waals surface area contributed by atoms with Gasteiger partial charge in [-0.05, 0) is 29.8 Å². The minimum absolute atomic E-state index is 0.379. The molecule has 2 aromatic rings. The molecule has 1 atom stereocenters. The fourth-order valence-electron chi connectivity index (χ4n) is 1.75. The molecule has 0 N–H and O–H groups in total.